The first-order chi connectivity index (χ1) is 17.3. The second-order valence-electron chi connectivity index (χ2n) is 8.76. The smallest absolute Gasteiger partial charge is 0.416 e. The Balaban J connectivity index is 1.15. The number of hydrogen-bond acceptors (Lipinski definition) is 4. The fraction of sp³-hybridized carbons (Fsp3) is 0.222. The van der Waals surface area contributed by atoms with E-state index in [0.29, 0.717) is 48.6 Å². The number of anilines is 1. The third-order valence-electron chi connectivity index (χ3n) is 6.28. The van der Waals surface area contributed by atoms with E-state index < -0.39 is 17.3 Å². The van der Waals surface area contributed by atoms with Crippen molar-refractivity contribution in [2.75, 3.05) is 18.4 Å². The van der Waals surface area contributed by atoms with Crippen molar-refractivity contribution < 1.29 is 27.5 Å². The SMILES string of the molecule is O=C(Nc1ccc(Oc2ccccc2)cc1)N1CCC2(C=C(c3ccc(C(F)(F)F)cc3)NO2)CC1. The fourth-order valence-electron chi connectivity index (χ4n) is 4.23. The summed E-state index contributed by atoms with van der Waals surface area (Å²) in [5.41, 5.74) is 3.44. The highest BCUT2D eigenvalue weighted by Crippen LogP contribution is 2.36. The molecule has 2 amide bonds. The number of amides is 2. The Hall–Kier alpha value is -3.98. The number of likely N-dealkylation sites (tertiary alicyclic amines) is 1. The van der Waals surface area contributed by atoms with Gasteiger partial charge in [0.1, 0.15) is 17.1 Å². The molecule has 0 aromatic heterocycles. The molecule has 2 heterocycles. The number of nitrogens with zero attached hydrogens (tertiary/aromatic N) is 1. The Bertz CT molecular complexity index is 1240. The summed E-state index contributed by atoms with van der Waals surface area (Å²) in [6.07, 6.45) is -1.36. The molecule has 0 unspecified atom stereocenters. The lowest BCUT2D eigenvalue weighted by Gasteiger charge is -2.36. The molecule has 1 fully saturated rings. The first-order valence-electron chi connectivity index (χ1n) is 11.5. The van der Waals surface area contributed by atoms with Gasteiger partial charge >= 0.3 is 12.2 Å². The minimum Gasteiger partial charge on any atom is -0.457 e. The molecular weight excluding hydrogens is 471 g/mol. The Labute approximate surface area is 206 Å². The van der Waals surface area contributed by atoms with Gasteiger partial charge in [0.25, 0.3) is 0 Å². The van der Waals surface area contributed by atoms with E-state index in [1.54, 1.807) is 29.2 Å². The molecule has 0 saturated carbocycles. The molecule has 2 aliphatic rings. The lowest BCUT2D eigenvalue weighted by atomic mass is 9.90. The summed E-state index contributed by atoms with van der Waals surface area (Å²) in [5, 5.41) is 2.90. The van der Waals surface area contributed by atoms with E-state index in [9.17, 15) is 18.0 Å². The standard InChI is InChI=1S/C27H24F3N3O3/c28-27(29,30)20-8-6-19(7-9-20)24-18-26(36-32-24)14-16-33(17-15-26)25(34)31-21-10-12-23(13-11-21)35-22-4-2-1-3-5-22/h1-13,18,32H,14-17H2,(H,31,34). The maximum absolute atomic E-state index is 12.8. The number of benzene rings is 3. The Morgan fingerprint density at radius 3 is 2.19 bits per heavy atom. The number of alkyl halides is 3. The van der Waals surface area contributed by atoms with Gasteiger partial charge in [0, 0.05) is 31.6 Å². The van der Waals surface area contributed by atoms with Gasteiger partial charge in [0.2, 0.25) is 0 Å². The first-order valence-corrected chi connectivity index (χ1v) is 11.5. The van der Waals surface area contributed by atoms with Crippen LogP contribution in [0.25, 0.3) is 5.70 Å². The Kier molecular flexibility index (Phi) is 6.32. The minimum atomic E-state index is -4.38. The maximum Gasteiger partial charge on any atom is 0.416 e. The molecule has 36 heavy (non-hydrogen) atoms. The average Bonchev–Trinajstić information content (AvgIpc) is 3.29. The van der Waals surface area contributed by atoms with Gasteiger partial charge in [0.15, 0.2) is 0 Å². The van der Waals surface area contributed by atoms with Gasteiger partial charge < -0.3 is 15.0 Å². The topological polar surface area (TPSA) is 62.8 Å². The lowest BCUT2D eigenvalue weighted by molar-refractivity contribution is -0.137. The summed E-state index contributed by atoms with van der Waals surface area (Å²) >= 11 is 0. The number of para-hydroxylation sites is 1. The molecule has 6 nitrogen and oxygen atoms in total. The molecule has 1 spiro atoms. The van der Waals surface area contributed by atoms with Crippen LogP contribution in [0.15, 0.2) is 84.9 Å². The fourth-order valence-corrected chi connectivity index (χ4v) is 4.23. The van der Waals surface area contributed by atoms with Crippen molar-refractivity contribution in [2.24, 2.45) is 0 Å². The van der Waals surface area contributed by atoms with E-state index in [2.05, 4.69) is 10.8 Å². The van der Waals surface area contributed by atoms with Crippen LogP contribution < -0.4 is 15.5 Å². The summed E-state index contributed by atoms with van der Waals surface area (Å²) in [6.45, 7) is 0.943. The van der Waals surface area contributed by atoms with Crippen molar-refractivity contribution in [3.05, 3.63) is 96.1 Å². The van der Waals surface area contributed by atoms with E-state index >= 15 is 0 Å². The van der Waals surface area contributed by atoms with Crippen molar-refractivity contribution in [2.45, 2.75) is 24.6 Å². The molecule has 0 bridgehead atoms. The molecule has 5 rings (SSSR count). The largest absolute Gasteiger partial charge is 0.457 e. The summed E-state index contributed by atoms with van der Waals surface area (Å²) < 4.78 is 44.2. The summed E-state index contributed by atoms with van der Waals surface area (Å²) in [4.78, 5) is 20.3. The highest BCUT2D eigenvalue weighted by atomic mass is 19.4. The number of piperidine rings is 1. The van der Waals surface area contributed by atoms with Crippen LogP contribution in [0.1, 0.15) is 24.0 Å². The van der Waals surface area contributed by atoms with Crippen molar-refractivity contribution in [3.8, 4) is 11.5 Å². The predicted octanol–water partition coefficient (Wildman–Crippen LogP) is 6.44. The van der Waals surface area contributed by atoms with Crippen molar-refractivity contribution in [3.63, 3.8) is 0 Å². The molecule has 0 atom stereocenters. The van der Waals surface area contributed by atoms with Crippen LogP contribution in [0.3, 0.4) is 0 Å². The number of carbonyl (C=O) groups is 1. The number of urea groups is 1. The number of halogens is 3. The van der Waals surface area contributed by atoms with Crippen LogP contribution in [-0.2, 0) is 11.0 Å². The average molecular weight is 496 g/mol. The van der Waals surface area contributed by atoms with Crippen LogP contribution >= 0.6 is 0 Å². The molecule has 2 N–H and O–H groups in total. The van der Waals surface area contributed by atoms with Crippen molar-refractivity contribution in [1.82, 2.24) is 10.4 Å². The van der Waals surface area contributed by atoms with E-state index in [4.69, 9.17) is 9.57 Å². The Morgan fingerprint density at radius 2 is 1.56 bits per heavy atom. The van der Waals surface area contributed by atoms with Gasteiger partial charge in [-0.25, -0.2) is 4.79 Å². The van der Waals surface area contributed by atoms with Crippen molar-refractivity contribution >= 4 is 17.4 Å². The highest BCUT2D eigenvalue weighted by molar-refractivity contribution is 5.89. The molecule has 0 aliphatic carbocycles. The van der Waals surface area contributed by atoms with Crippen LogP contribution in [0.4, 0.5) is 23.7 Å². The number of ether oxygens (including phenoxy) is 1. The molecule has 2 aliphatic heterocycles. The molecule has 9 heteroatoms. The van der Waals surface area contributed by atoms with Crippen molar-refractivity contribution in [1.29, 1.82) is 0 Å². The lowest BCUT2D eigenvalue weighted by Crippen LogP contribution is -2.48. The van der Waals surface area contributed by atoms with Gasteiger partial charge in [-0.2, -0.15) is 13.2 Å². The monoisotopic (exact) mass is 495 g/mol. The number of nitrogens with one attached hydrogen (secondary N) is 2. The third kappa shape index (κ3) is 5.31. The van der Waals surface area contributed by atoms with E-state index in [1.807, 2.05) is 36.4 Å². The van der Waals surface area contributed by atoms with E-state index in [-0.39, 0.29) is 6.03 Å². The van der Waals surface area contributed by atoms with E-state index in [1.165, 1.54) is 12.1 Å². The van der Waals surface area contributed by atoms with Crippen LogP contribution in [0.5, 0.6) is 11.5 Å². The summed E-state index contributed by atoms with van der Waals surface area (Å²) in [7, 11) is 0. The maximum atomic E-state index is 12.8. The molecule has 3 aromatic rings. The van der Waals surface area contributed by atoms with Gasteiger partial charge in [0.05, 0.1) is 11.3 Å². The highest BCUT2D eigenvalue weighted by Gasteiger charge is 2.40. The quantitative estimate of drug-likeness (QED) is 0.437. The second-order valence-corrected chi connectivity index (χ2v) is 8.76. The Morgan fingerprint density at radius 1 is 0.917 bits per heavy atom. The number of hydroxylamine groups is 1. The van der Waals surface area contributed by atoms with Crippen LogP contribution in [-0.4, -0.2) is 29.6 Å². The first kappa shape index (κ1) is 23.7. The van der Waals surface area contributed by atoms with E-state index in [0.717, 1.165) is 17.9 Å². The summed E-state index contributed by atoms with van der Waals surface area (Å²) in [5.74, 6) is 1.40. The molecule has 0 radical (unpaired) electrons. The molecule has 186 valence electrons. The third-order valence-corrected chi connectivity index (χ3v) is 6.28. The van der Waals surface area contributed by atoms with Gasteiger partial charge in [-0.1, -0.05) is 30.3 Å². The summed E-state index contributed by atoms with van der Waals surface area (Å²) in [6, 6.07) is 21.3. The van der Waals surface area contributed by atoms with Gasteiger partial charge in [-0.15, -0.1) is 0 Å². The minimum absolute atomic E-state index is 0.209. The predicted molar refractivity (Wildman–Crippen MR) is 129 cm³/mol. The normalized spacial score (nSPS) is 16.9. The molecule has 1 saturated heterocycles. The molecule has 3 aromatic carbocycles. The zero-order valence-electron chi connectivity index (χ0n) is 19.2. The zero-order chi connectivity index (χ0) is 25.2. The van der Waals surface area contributed by atoms with Crippen LogP contribution in [0.2, 0.25) is 0 Å². The van der Waals surface area contributed by atoms with Crippen LogP contribution in [0, 0.1) is 0 Å². The number of carbonyl (C=O) groups excluding carboxylic acids is 1. The number of hydrogen-bond donors (Lipinski definition) is 2. The zero-order valence-corrected chi connectivity index (χ0v) is 19.2. The van der Waals surface area contributed by atoms with Gasteiger partial charge in [-0.3, -0.25) is 10.3 Å². The van der Waals surface area contributed by atoms with Gasteiger partial charge in [-0.05, 0) is 60.2 Å². The second kappa shape index (κ2) is 9.58. The number of rotatable bonds is 4. The molecular formula is C27H24F3N3O3.